The van der Waals surface area contributed by atoms with Crippen molar-refractivity contribution >= 4 is 5.97 Å². The van der Waals surface area contributed by atoms with Gasteiger partial charge in [-0.2, -0.15) is 0 Å². The van der Waals surface area contributed by atoms with Gasteiger partial charge in [-0.3, -0.25) is 0 Å². The van der Waals surface area contributed by atoms with Crippen LogP contribution >= 0.6 is 0 Å². The number of allylic oxidation sites excluding steroid dienone is 1. The molecular weight excluding hydrogens is 132 g/mol. The van der Waals surface area contributed by atoms with Crippen LogP contribution in [0.3, 0.4) is 0 Å². The summed E-state index contributed by atoms with van der Waals surface area (Å²) in [6, 6.07) is 0. The Morgan fingerprint density at radius 3 is 2.60 bits per heavy atom. The van der Waals surface area contributed by atoms with E-state index in [0.717, 1.165) is 0 Å². The molecule has 3 nitrogen and oxygen atoms in total. The molecule has 3 heteroatoms. The first-order chi connectivity index (χ1) is 4.63. The van der Waals surface area contributed by atoms with Gasteiger partial charge in [-0.1, -0.05) is 6.58 Å². The number of rotatable bonds is 0. The number of carbonyl (C=O) groups excluding carboxylic acids is 1. The zero-order valence-corrected chi connectivity index (χ0v) is 5.68. The van der Waals surface area contributed by atoms with Crippen LogP contribution in [-0.2, 0) is 9.53 Å². The number of esters is 1. The van der Waals surface area contributed by atoms with Crippen LogP contribution in [0, 0.1) is 0 Å². The quantitative estimate of drug-likeness (QED) is 0.309. The fraction of sp³-hybridized carbons (Fsp3) is 0.286. The highest BCUT2D eigenvalue weighted by atomic mass is 16.5. The van der Waals surface area contributed by atoms with E-state index in [9.17, 15) is 4.79 Å². The van der Waals surface area contributed by atoms with Crippen molar-refractivity contribution in [3.63, 3.8) is 0 Å². The first-order valence-corrected chi connectivity index (χ1v) is 2.88. The van der Waals surface area contributed by atoms with Gasteiger partial charge in [0.1, 0.15) is 17.9 Å². The lowest BCUT2D eigenvalue weighted by atomic mass is 10.1. The molecule has 10 heavy (non-hydrogen) atoms. The summed E-state index contributed by atoms with van der Waals surface area (Å²) >= 11 is 0. The van der Waals surface area contributed by atoms with Crippen LogP contribution < -0.4 is 0 Å². The highest BCUT2D eigenvalue weighted by Gasteiger charge is 2.25. The van der Waals surface area contributed by atoms with Crippen LogP contribution in [0.4, 0.5) is 0 Å². The Kier molecular flexibility index (Phi) is 1.49. The summed E-state index contributed by atoms with van der Waals surface area (Å²) in [7, 11) is 0. The number of cyclic esters (lactones) is 1. The molecule has 0 saturated carbocycles. The lowest BCUT2D eigenvalue weighted by Crippen LogP contribution is -1.97. The third kappa shape index (κ3) is 0.900. The second kappa shape index (κ2) is 2.17. The summed E-state index contributed by atoms with van der Waals surface area (Å²) in [4.78, 5) is 10.7. The van der Waals surface area contributed by atoms with Crippen molar-refractivity contribution in [2.45, 2.75) is 6.92 Å². The molecule has 1 fully saturated rings. The zero-order valence-electron chi connectivity index (χ0n) is 5.68. The summed E-state index contributed by atoms with van der Waals surface area (Å²) in [5.41, 5.74) is 0.769. The minimum Gasteiger partial charge on any atom is -0.512 e. The van der Waals surface area contributed by atoms with Crippen molar-refractivity contribution in [1.82, 2.24) is 0 Å². The van der Waals surface area contributed by atoms with E-state index in [1.807, 2.05) is 0 Å². The Labute approximate surface area is 58.6 Å². The van der Waals surface area contributed by atoms with Gasteiger partial charge < -0.3 is 9.84 Å². The highest BCUT2D eigenvalue weighted by molar-refractivity contribution is 5.96. The Hall–Kier alpha value is -1.25. The molecule has 0 amide bonds. The number of aliphatic hydroxyl groups is 1. The molecule has 0 aromatic heterocycles. The molecule has 0 aromatic carbocycles. The summed E-state index contributed by atoms with van der Waals surface area (Å²) in [6.45, 7) is 5.18. The van der Waals surface area contributed by atoms with E-state index in [1.54, 1.807) is 0 Å². The smallest absolute Gasteiger partial charge is 0.342 e. The van der Waals surface area contributed by atoms with Crippen molar-refractivity contribution in [2.75, 3.05) is 6.61 Å². The first kappa shape index (κ1) is 6.86. The monoisotopic (exact) mass is 140 g/mol. The lowest BCUT2D eigenvalue weighted by molar-refractivity contribution is -0.135. The van der Waals surface area contributed by atoms with E-state index in [-0.39, 0.29) is 17.9 Å². The second-order valence-electron chi connectivity index (χ2n) is 2.14. The largest absolute Gasteiger partial charge is 0.512 e. The molecule has 0 bridgehead atoms. The van der Waals surface area contributed by atoms with Crippen LogP contribution in [0.2, 0.25) is 0 Å². The Morgan fingerprint density at radius 2 is 2.40 bits per heavy atom. The summed E-state index contributed by atoms with van der Waals surface area (Å²) in [5.74, 6) is -0.502. The van der Waals surface area contributed by atoms with Gasteiger partial charge in [-0.05, 0) is 6.92 Å². The zero-order chi connectivity index (χ0) is 7.72. The molecule has 0 spiro atoms. The molecule has 1 aliphatic heterocycles. The Balaban J connectivity index is 3.05. The lowest BCUT2D eigenvalue weighted by Gasteiger charge is -1.92. The van der Waals surface area contributed by atoms with Crippen LogP contribution in [0.5, 0.6) is 0 Å². The summed E-state index contributed by atoms with van der Waals surface area (Å²) < 4.78 is 4.58. The van der Waals surface area contributed by atoms with Gasteiger partial charge in [0.05, 0.1) is 0 Å². The maximum absolute atomic E-state index is 10.7. The molecular formula is C7H8O3. The topological polar surface area (TPSA) is 46.5 Å². The molecule has 0 radical (unpaired) electrons. The highest BCUT2D eigenvalue weighted by Crippen LogP contribution is 2.20. The maximum atomic E-state index is 10.7. The van der Waals surface area contributed by atoms with E-state index >= 15 is 0 Å². The molecule has 0 unspecified atom stereocenters. The molecule has 1 heterocycles. The van der Waals surface area contributed by atoms with E-state index < -0.39 is 5.97 Å². The minimum absolute atomic E-state index is 0.0208. The predicted octanol–water partition coefficient (Wildman–Crippen LogP) is 0.931. The Bertz CT molecular complexity index is 203. The summed E-state index contributed by atoms with van der Waals surface area (Å²) in [5, 5.41) is 8.91. The van der Waals surface area contributed by atoms with E-state index in [0.29, 0.717) is 5.57 Å². The summed E-state index contributed by atoms with van der Waals surface area (Å²) in [6.07, 6.45) is 0. The maximum Gasteiger partial charge on any atom is 0.342 e. The molecule has 0 aromatic rings. The molecule has 1 rings (SSSR count). The Morgan fingerprint density at radius 1 is 1.80 bits per heavy atom. The number of ether oxygens (including phenoxy) is 1. The number of carbonyl (C=O) groups is 1. The minimum atomic E-state index is -0.481. The third-order valence-electron chi connectivity index (χ3n) is 1.30. The normalized spacial score (nSPS) is 22.9. The van der Waals surface area contributed by atoms with Crippen molar-refractivity contribution in [3.05, 3.63) is 23.5 Å². The van der Waals surface area contributed by atoms with Gasteiger partial charge in [0, 0.05) is 5.57 Å². The van der Waals surface area contributed by atoms with Gasteiger partial charge in [-0.25, -0.2) is 4.79 Å². The number of aliphatic hydroxyl groups excluding tert-OH is 1. The fourth-order valence-electron chi connectivity index (χ4n) is 0.845. The van der Waals surface area contributed by atoms with Gasteiger partial charge in [0.15, 0.2) is 0 Å². The molecule has 1 aliphatic rings. The molecule has 0 atom stereocenters. The number of hydrogen-bond acceptors (Lipinski definition) is 3. The van der Waals surface area contributed by atoms with Gasteiger partial charge in [0.25, 0.3) is 0 Å². The van der Waals surface area contributed by atoms with E-state index in [4.69, 9.17) is 5.11 Å². The standard InChI is InChI=1S/C7H8O3/c1-4-3-10-7(9)6(4)5(2)8/h8H,1,3H2,2H3/b6-5-. The molecule has 54 valence electrons. The molecule has 1 N–H and O–H groups in total. The van der Waals surface area contributed by atoms with Gasteiger partial charge in [0.2, 0.25) is 0 Å². The van der Waals surface area contributed by atoms with Crippen molar-refractivity contribution in [1.29, 1.82) is 0 Å². The SMILES string of the molecule is C=C1COC(=O)/C1=C(/C)O. The van der Waals surface area contributed by atoms with E-state index in [1.165, 1.54) is 6.92 Å². The van der Waals surface area contributed by atoms with Crippen LogP contribution in [0.1, 0.15) is 6.92 Å². The molecule has 1 saturated heterocycles. The van der Waals surface area contributed by atoms with Crippen LogP contribution in [-0.4, -0.2) is 17.7 Å². The van der Waals surface area contributed by atoms with Crippen LogP contribution in [0.25, 0.3) is 0 Å². The van der Waals surface area contributed by atoms with Crippen molar-refractivity contribution in [2.24, 2.45) is 0 Å². The predicted molar refractivity (Wildman–Crippen MR) is 35.4 cm³/mol. The first-order valence-electron chi connectivity index (χ1n) is 2.88. The van der Waals surface area contributed by atoms with Gasteiger partial charge >= 0.3 is 5.97 Å². The van der Waals surface area contributed by atoms with Crippen LogP contribution in [0.15, 0.2) is 23.5 Å². The van der Waals surface area contributed by atoms with Crippen molar-refractivity contribution < 1.29 is 14.6 Å². The fourth-order valence-corrected chi connectivity index (χ4v) is 0.845. The average molecular weight is 140 g/mol. The number of hydrogen-bond donors (Lipinski definition) is 1. The van der Waals surface area contributed by atoms with Gasteiger partial charge in [-0.15, -0.1) is 0 Å². The average Bonchev–Trinajstić information content (AvgIpc) is 2.11. The second-order valence-corrected chi connectivity index (χ2v) is 2.14. The van der Waals surface area contributed by atoms with E-state index in [2.05, 4.69) is 11.3 Å². The molecule has 0 aliphatic carbocycles. The third-order valence-corrected chi connectivity index (χ3v) is 1.30. The van der Waals surface area contributed by atoms with Crippen molar-refractivity contribution in [3.8, 4) is 0 Å².